The van der Waals surface area contributed by atoms with Crippen LogP contribution in [0.25, 0.3) is 0 Å². The van der Waals surface area contributed by atoms with E-state index in [9.17, 15) is 24.5 Å². The van der Waals surface area contributed by atoms with Crippen molar-refractivity contribution in [2.45, 2.75) is 23.1 Å². The van der Waals surface area contributed by atoms with Crippen LogP contribution in [0.1, 0.15) is 43.0 Å². The standard InChI is InChI=1S/C25H17N5O5S2/c1-2-21-27-28-25(37-21)26-22(31)14-3-12-19-20(13-14)24(33)29(23(19)32)15-4-8-17(9-5-15)36-18-10-6-16(7-11-18)30(34)35/h3-13H,2H2,1H3,(H,26,28,31). The molecule has 0 radical (unpaired) electrons. The topological polar surface area (TPSA) is 135 Å². The second-order valence-electron chi connectivity index (χ2n) is 7.86. The average molecular weight is 532 g/mol. The number of nitro groups is 1. The predicted molar refractivity (Wildman–Crippen MR) is 138 cm³/mol. The summed E-state index contributed by atoms with van der Waals surface area (Å²) >= 11 is 2.66. The van der Waals surface area contributed by atoms with E-state index in [0.717, 1.165) is 19.7 Å². The Hall–Kier alpha value is -4.42. The number of carbonyl (C=O) groups is 3. The number of hydrogen-bond acceptors (Lipinski definition) is 9. The molecule has 10 nitrogen and oxygen atoms in total. The van der Waals surface area contributed by atoms with E-state index in [0.29, 0.717) is 17.2 Å². The number of imide groups is 1. The summed E-state index contributed by atoms with van der Waals surface area (Å²) in [6.07, 6.45) is 0.704. The lowest BCUT2D eigenvalue weighted by Gasteiger charge is -2.14. The Balaban J connectivity index is 1.31. The lowest BCUT2D eigenvalue weighted by molar-refractivity contribution is -0.384. The number of nitrogens with zero attached hydrogens (tertiary/aromatic N) is 4. The van der Waals surface area contributed by atoms with Crippen LogP contribution in [0, 0.1) is 10.1 Å². The minimum absolute atomic E-state index is 0.0109. The Bertz CT molecular complexity index is 1550. The van der Waals surface area contributed by atoms with Gasteiger partial charge in [0.15, 0.2) is 0 Å². The van der Waals surface area contributed by atoms with Crippen LogP contribution < -0.4 is 10.2 Å². The number of anilines is 2. The first-order valence-corrected chi connectivity index (χ1v) is 12.7. The van der Waals surface area contributed by atoms with E-state index in [1.54, 1.807) is 36.4 Å². The molecule has 1 aliphatic heterocycles. The van der Waals surface area contributed by atoms with E-state index < -0.39 is 22.6 Å². The number of hydrogen-bond donors (Lipinski definition) is 1. The van der Waals surface area contributed by atoms with Gasteiger partial charge < -0.3 is 0 Å². The third-order valence-corrected chi connectivity index (χ3v) is 7.52. The molecule has 3 amide bonds. The van der Waals surface area contributed by atoms with Gasteiger partial charge in [0.1, 0.15) is 5.01 Å². The first-order valence-electron chi connectivity index (χ1n) is 11.0. The second-order valence-corrected chi connectivity index (χ2v) is 10.1. The highest BCUT2D eigenvalue weighted by atomic mass is 32.2. The largest absolute Gasteiger partial charge is 0.296 e. The van der Waals surface area contributed by atoms with Crippen molar-refractivity contribution in [2.75, 3.05) is 10.2 Å². The molecule has 0 saturated carbocycles. The van der Waals surface area contributed by atoms with Gasteiger partial charge in [0.05, 0.1) is 21.7 Å². The number of non-ortho nitro benzene ring substituents is 1. The molecule has 184 valence electrons. The maximum Gasteiger partial charge on any atom is 0.269 e. The van der Waals surface area contributed by atoms with Gasteiger partial charge in [-0.1, -0.05) is 30.0 Å². The zero-order chi connectivity index (χ0) is 26.1. The first-order chi connectivity index (χ1) is 17.8. The SMILES string of the molecule is CCc1nnc(NC(=O)c2ccc3c(c2)C(=O)N(c2ccc(Sc4ccc([N+](=O)[O-])cc4)cc2)C3=O)s1. The number of rotatable bonds is 7. The molecule has 0 aliphatic carbocycles. The minimum Gasteiger partial charge on any atom is -0.296 e. The molecule has 1 aliphatic rings. The van der Waals surface area contributed by atoms with Gasteiger partial charge in [0.25, 0.3) is 23.4 Å². The summed E-state index contributed by atoms with van der Waals surface area (Å²) in [5.41, 5.74) is 0.997. The number of nitro benzene ring substituents is 1. The van der Waals surface area contributed by atoms with Crippen LogP contribution >= 0.6 is 23.1 Å². The molecule has 4 aromatic rings. The minimum atomic E-state index is -0.519. The number of amides is 3. The highest BCUT2D eigenvalue weighted by Gasteiger charge is 2.37. The number of fused-ring (bicyclic) bond motifs is 1. The zero-order valence-corrected chi connectivity index (χ0v) is 20.8. The summed E-state index contributed by atoms with van der Waals surface area (Å²) in [7, 11) is 0. The van der Waals surface area contributed by atoms with Crippen LogP contribution in [0.3, 0.4) is 0 Å². The van der Waals surface area contributed by atoms with Gasteiger partial charge in [-0.2, -0.15) is 0 Å². The van der Waals surface area contributed by atoms with Gasteiger partial charge in [-0.3, -0.25) is 29.8 Å². The van der Waals surface area contributed by atoms with Gasteiger partial charge in [0.2, 0.25) is 5.13 Å². The number of aromatic nitrogens is 2. The van der Waals surface area contributed by atoms with Crippen molar-refractivity contribution in [3.63, 3.8) is 0 Å². The summed E-state index contributed by atoms with van der Waals surface area (Å²) in [5, 5.41) is 22.5. The average Bonchev–Trinajstić information content (AvgIpc) is 3.46. The third kappa shape index (κ3) is 4.84. The van der Waals surface area contributed by atoms with E-state index >= 15 is 0 Å². The molecule has 0 atom stereocenters. The molecule has 0 bridgehead atoms. The van der Waals surface area contributed by atoms with E-state index in [1.165, 1.54) is 53.4 Å². The summed E-state index contributed by atoms with van der Waals surface area (Å²) in [5.74, 6) is -1.44. The van der Waals surface area contributed by atoms with Crippen LogP contribution in [0.15, 0.2) is 76.5 Å². The normalized spacial score (nSPS) is 12.5. The summed E-state index contributed by atoms with van der Waals surface area (Å²) in [6, 6.07) is 17.4. The Morgan fingerprint density at radius 1 is 0.973 bits per heavy atom. The molecule has 2 heterocycles. The monoisotopic (exact) mass is 531 g/mol. The fourth-order valence-electron chi connectivity index (χ4n) is 3.67. The summed E-state index contributed by atoms with van der Waals surface area (Å²) in [6.45, 7) is 1.94. The quantitative estimate of drug-likeness (QED) is 0.195. The lowest BCUT2D eigenvalue weighted by Crippen LogP contribution is -2.29. The Morgan fingerprint density at radius 3 is 2.24 bits per heavy atom. The summed E-state index contributed by atoms with van der Waals surface area (Å²) in [4.78, 5) is 51.9. The molecule has 0 fully saturated rings. The molecule has 5 rings (SSSR count). The highest BCUT2D eigenvalue weighted by Crippen LogP contribution is 2.33. The van der Waals surface area contributed by atoms with Crippen molar-refractivity contribution in [3.8, 4) is 0 Å². The van der Waals surface area contributed by atoms with Crippen molar-refractivity contribution in [2.24, 2.45) is 0 Å². The Labute approximate surface area is 218 Å². The van der Waals surface area contributed by atoms with Crippen molar-refractivity contribution >= 4 is 57.3 Å². The molecule has 0 saturated heterocycles. The molecule has 12 heteroatoms. The van der Waals surface area contributed by atoms with Gasteiger partial charge in [0, 0.05) is 27.5 Å². The number of nitrogens with one attached hydrogen (secondary N) is 1. The molecular formula is C25H17N5O5S2. The number of carbonyl (C=O) groups excluding carboxylic acids is 3. The highest BCUT2D eigenvalue weighted by molar-refractivity contribution is 7.99. The van der Waals surface area contributed by atoms with Gasteiger partial charge in [-0.05, 0) is 61.0 Å². The van der Waals surface area contributed by atoms with Crippen molar-refractivity contribution < 1.29 is 19.3 Å². The van der Waals surface area contributed by atoms with Crippen LogP contribution in [0.5, 0.6) is 0 Å². The molecule has 3 aromatic carbocycles. The molecule has 0 unspecified atom stereocenters. The van der Waals surface area contributed by atoms with Crippen LogP contribution in [0.2, 0.25) is 0 Å². The van der Waals surface area contributed by atoms with E-state index in [4.69, 9.17) is 0 Å². The maximum absolute atomic E-state index is 13.1. The van der Waals surface area contributed by atoms with E-state index in [2.05, 4.69) is 15.5 Å². The molecule has 1 N–H and O–H groups in total. The van der Waals surface area contributed by atoms with Crippen molar-refractivity contribution in [1.29, 1.82) is 0 Å². The smallest absolute Gasteiger partial charge is 0.269 e. The van der Waals surface area contributed by atoms with E-state index in [-0.39, 0.29) is 22.4 Å². The van der Waals surface area contributed by atoms with Gasteiger partial charge >= 0.3 is 0 Å². The van der Waals surface area contributed by atoms with Crippen LogP contribution in [0.4, 0.5) is 16.5 Å². The van der Waals surface area contributed by atoms with Crippen LogP contribution in [-0.4, -0.2) is 32.8 Å². The second kappa shape index (κ2) is 9.91. The van der Waals surface area contributed by atoms with Crippen molar-refractivity contribution in [3.05, 3.63) is 98.5 Å². The number of benzene rings is 3. The van der Waals surface area contributed by atoms with Gasteiger partial charge in [-0.15, -0.1) is 10.2 Å². The van der Waals surface area contributed by atoms with Crippen molar-refractivity contribution in [1.82, 2.24) is 10.2 Å². The lowest BCUT2D eigenvalue weighted by atomic mass is 10.1. The fourth-order valence-corrected chi connectivity index (χ4v) is 5.16. The Morgan fingerprint density at radius 2 is 1.62 bits per heavy atom. The van der Waals surface area contributed by atoms with Gasteiger partial charge in [-0.25, -0.2) is 4.90 Å². The maximum atomic E-state index is 13.1. The summed E-state index contributed by atoms with van der Waals surface area (Å²) < 4.78 is 0. The third-order valence-electron chi connectivity index (χ3n) is 5.52. The molecular weight excluding hydrogens is 514 g/mol. The molecule has 0 spiro atoms. The van der Waals surface area contributed by atoms with Crippen LogP contribution in [-0.2, 0) is 6.42 Å². The Kier molecular flexibility index (Phi) is 6.51. The molecule has 37 heavy (non-hydrogen) atoms. The number of aryl methyl sites for hydroxylation is 1. The fraction of sp³-hybridized carbons (Fsp3) is 0.0800. The van der Waals surface area contributed by atoms with E-state index in [1.807, 2.05) is 6.92 Å². The molecule has 1 aromatic heterocycles. The first kappa shape index (κ1) is 24.3. The zero-order valence-electron chi connectivity index (χ0n) is 19.2. The predicted octanol–water partition coefficient (Wildman–Crippen LogP) is 5.21.